The van der Waals surface area contributed by atoms with Crippen LogP contribution in [0.1, 0.15) is 18.7 Å². The Morgan fingerprint density at radius 1 is 1.25 bits per heavy atom. The molecule has 0 saturated heterocycles. The number of pyridine rings is 1. The summed E-state index contributed by atoms with van der Waals surface area (Å²) in [6.45, 7) is 0.255. The normalized spacial score (nSPS) is 14.6. The fraction of sp³-hybridized carbons (Fsp3) is 0.368. The molecule has 1 aliphatic carbocycles. The van der Waals surface area contributed by atoms with Crippen LogP contribution in [-0.4, -0.2) is 21.2 Å². The maximum Gasteiger partial charge on any atom is 0.449 e. The van der Waals surface area contributed by atoms with E-state index in [2.05, 4.69) is 4.98 Å². The SMILES string of the molecule is COc1cc(-c2cc(N)c3nc(C(F)(F)F)n(CC4CC4)c3c2)cn(C)c1=O. The smallest absolute Gasteiger partial charge is 0.449 e. The van der Waals surface area contributed by atoms with E-state index >= 15 is 0 Å². The minimum atomic E-state index is -4.57. The number of benzene rings is 1. The Bertz CT molecular complexity index is 1130. The van der Waals surface area contributed by atoms with Crippen molar-refractivity contribution in [2.45, 2.75) is 25.6 Å². The van der Waals surface area contributed by atoms with Crippen molar-refractivity contribution >= 4 is 16.7 Å². The van der Waals surface area contributed by atoms with Crippen LogP contribution in [0.5, 0.6) is 5.75 Å². The van der Waals surface area contributed by atoms with Crippen LogP contribution in [0.3, 0.4) is 0 Å². The molecule has 0 aliphatic heterocycles. The van der Waals surface area contributed by atoms with Crippen molar-refractivity contribution in [2.24, 2.45) is 13.0 Å². The summed E-state index contributed by atoms with van der Waals surface area (Å²) < 4.78 is 48.3. The van der Waals surface area contributed by atoms with Gasteiger partial charge in [0.05, 0.1) is 18.3 Å². The number of fused-ring (bicyclic) bond motifs is 1. The molecule has 0 radical (unpaired) electrons. The number of nitrogen functional groups attached to an aromatic ring is 1. The van der Waals surface area contributed by atoms with E-state index in [0.29, 0.717) is 16.6 Å². The standard InChI is InChI=1S/C19H19F3N4O2/c1-25-9-12(7-15(28-2)17(25)27)11-5-13(23)16-14(6-11)26(8-10-3-4-10)18(24-16)19(20,21)22/h5-7,9-10H,3-4,8,23H2,1-2H3. The zero-order valence-corrected chi connectivity index (χ0v) is 15.4. The van der Waals surface area contributed by atoms with Crippen LogP contribution >= 0.6 is 0 Å². The van der Waals surface area contributed by atoms with Gasteiger partial charge in [-0.1, -0.05) is 0 Å². The van der Waals surface area contributed by atoms with Gasteiger partial charge in [-0.2, -0.15) is 13.2 Å². The molecule has 3 aromatic rings. The Balaban J connectivity index is 1.95. The van der Waals surface area contributed by atoms with E-state index in [1.807, 2.05) is 0 Å². The maximum atomic E-state index is 13.5. The quantitative estimate of drug-likeness (QED) is 0.691. The number of anilines is 1. The van der Waals surface area contributed by atoms with Crippen LogP contribution in [0.25, 0.3) is 22.2 Å². The Morgan fingerprint density at radius 2 is 1.96 bits per heavy atom. The van der Waals surface area contributed by atoms with Gasteiger partial charge in [-0.05, 0) is 42.5 Å². The summed E-state index contributed by atoms with van der Waals surface area (Å²) in [5.41, 5.74) is 7.58. The van der Waals surface area contributed by atoms with Crippen molar-refractivity contribution < 1.29 is 17.9 Å². The van der Waals surface area contributed by atoms with Gasteiger partial charge < -0.3 is 19.6 Å². The number of aryl methyl sites for hydroxylation is 1. The zero-order chi connectivity index (χ0) is 20.2. The lowest BCUT2D eigenvalue weighted by molar-refractivity contribution is -0.147. The highest BCUT2D eigenvalue weighted by Gasteiger charge is 2.39. The molecule has 0 spiro atoms. The second-order valence-corrected chi connectivity index (χ2v) is 7.13. The minimum Gasteiger partial charge on any atom is -0.491 e. The largest absolute Gasteiger partial charge is 0.491 e. The number of aromatic nitrogens is 3. The van der Waals surface area contributed by atoms with Crippen molar-refractivity contribution in [1.29, 1.82) is 0 Å². The molecule has 0 unspecified atom stereocenters. The fourth-order valence-corrected chi connectivity index (χ4v) is 3.36. The highest BCUT2D eigenvalue weighted by Crippen LogP contribution is 2.39. The molecule has 0 amide bonds. The van der Waals surface area contributed by atoms with Crippen LogP contribution in [0, 0.1) is 5.92 Å². The van der Waals surface area contributed by atoms with Gasteiger partial charge >= 0.3 is 6.18 Å². The van der Waals surface area contributed by atoms with Crippen molar-refractivity contribution in [2.75, 3.05) is 12.8 Å². The highest BCUT2D eigenvalue weighted by atomic mass is 19.4. The summed E-state index contributed by atoms with van der Waals surface area (Å²) in [6.07, 6.45) is -1.16. The number of halogens is 3. The molecule has 6 nitrogen and oxygen atoms in total. The molecule has 1 fully saturated rings. The first-order valence-electron chi connectivity index (χ1n) is 8.81. The van der Waals surface area contributed by atoms with Gasteiger partial charge in [0.1, 0.15) is 5.52 Å². The average Bonchev–Trinajstić information content (AvgIpc) is 3.36. The summed E-state index contributed by atoms with van der Waals surface area (Å²) in [6, 6.07) is 4.75. The first kappa shape index (κ1) is 18.4. The molecule has 1 aliphatic rings. The van der Waals surface area contributed by atoms with E-state index in [1.54, 1.807) is 31.4 Å². The van der Waals surface area contributed by atoms with Crippen molar-refractivity contribution in [3.63, 3.8) is 0 Å². The van der Waals surface area contributed by atoms with E-state index in [0.717, 1.165) is 12.8 Å². The lowest BCUT2D eigenvalue weighted by Crippen LogP contribution is -2.17. The molecule has 148 valence electrons. The van der Waals surface area contributed by atoms with Gasteiger partial charge in [0, 0.05) is 25.4 Å². The van der Waals surface area contributed by atoms with Gasteiger partial charge in [0.2, 0.25) is 5.82 Å². The molecule has 1 saturated carbocycles. The second kappa shape index (κ2) is 6.29. The number of rotatable bonds is 4. The number of hydrogen-bond acceptors (Lipinski definition) is 4. The number of nitrogens with zero attached hydrogens (tertiary/aromatic N) is 3. The van der Waals surface area contributed by atoms with Crippen molar-refractivity contribution in [3.05, 3.63) is 40.6 Å². The maximum absolute atomic E-state index is 13.5. The molecule has 2 N–H and O–H groups in total. The molecule has 4 rings (SSSR count). The third-order valence-electron chi connectivity index (χ3n) is 4.98. The van der Waals surface area contributed by atoms with Crippen LogP contribution in [0.2, 0.25) is 0 Å². The first-order valence-corrected chi connectivity index (χ1v) is 8.81. The number of nitrogens with two attached hydrogens (primary N) is 1. The highest BCUT2D eigenvalue weighted by molar-refractivity contribution is 5.92. The van der Waals surface area contributed by atoms with E-state index in [-0.39, 0.29) is 35.0 Å². The van der Waals surface area contributed by atoms with Crippen molar-refractivity contribution in [1.82, 2.24) is 14.1 Å². The number of hydrogen-bond donors (Lipinski definition) is 1. The summed E-state index contributed by atoms with van der Waals surface area (Å²) in [4.78, 5) is 15.8. The summed E-state index contributed by atoms with van der Waals surface area (Å²) in [5.74, 6) is -0.571. The van der Waals surface area contributed by atoms with Crippen molar-refractivity contribution in [3.8, 4) is 16.9 Å². The number of ether oxygens (including phenoxy) is 1. The molecule has 1 aromatic carbocycles. The Hall–Kier alpha value is -2.97. The monoisotopic (exact) mass is 392 g/mol. The summed E-state index contributed by atoms with van der Waals surface area (Å²) in [5, 5.41) is 0. The van der Waals surface area contributed by atoms with Crippen LogP contribution in [-0.2, 0) is 19.8 Å². The number of alkyl halides is 3. The Labute approximate surface area is 158 Å². The van der Waals surface area contributed by atoms with E-state index in [9.17, 15) is 18.0 Å². The topological polar surface area (TPSA) is 75.1 Å². The Morgan fingerprint density at radius 3 is 2.57 bits per heavy atom. The minimum absolute atomic E-state index is 0.133. The van der Waals surface area contributed by atoms with Crippen LogP contribution in [0.4, 0.5) is 18.9 Å². The lowest BCUT2D eigenvalue weighted by Gasteiger charge is -2.12. The Kier molecular flexibility index (Phi) is 4.13. The predicted molar refractivity (Wildman–Crippen MR) is 99.1 cm³/mol. The number of imidazole rings is 1. The zero-order valence-electron chi connectivity index (χ0n) is 15.4. The molecule has 2 aromatic heterocycles. The van der Waals surface area contributed by atoms with Gasteiger partial charge in [-0.3, -0.25) is 4.79 Å². The van der Waals surface area contributed by atoms with Gasteiger partial charge in [0.25, 0.3) is 5.56 Å². The van der Waals surface area contributed by atoms with Gasteiger partial charge in [0.15, 0.2) is 5.75 Å². The van der Waals surface area contributed by atoms with E-state index in [1.165, 1.54) is 16.2 Å². The molecule has 0 bridgehead atoms. The number of methoxy groups -OCH3 is 1. The average molecular weight is 392 g/mol. The first-order chi connectivity index (χ1) is 13.2. The molecular formula is C19H19F3N4O2. The van der Waals surface area contributed by atoms with Crippen LogP contribution < -0.4 is 16.0 Å². The molecule has 2 heterocycles. The van der Waals surface area contributed by atoms with E-state index in [4.69, 9.17) is 10.5 Å². The van der Waals surface area contributed by atoms with E-state index < -0.39 is 12.0 Å². The molecular weight excluding hydrogens is 373 g/mol. The third kappa shape index (κ3) is 3.10. The second-order valence-electron chi connectivity index (χ2n) is 7.13. The predicted octanol–water partition coefficient (Wildman–Crippen LogP) is 3.42. The molecule has 9 heteroatoms. The van der Waals surface area contributed by atoms with Gasteiger partial charge in [-0.15, -0.1) is 0 Å². The third-order valence-corrected chi connectivity index (χ3v) is 4.98. The fourth-order valence-electron chi connectivity index (χ4n) is 3.36. The van der Waals surface area contributed by atoms with Crippen LogP contribution in [0.15, 0.2) is 29.2 Å². The summed E-state index contributed by atoms with van der Waals surface area (Å²) in [7, 11) is 2.97. The molecule has 28 heavy (non-hydrogen) atoms. The molecule has 0 atom stereocenters. The van der Waals surface area contributed by atoms with Gasteiger partial charge in [-0.25, -0.2) is 4.98 Å². The summed E-state index contributed by atoms with van der Waals surface area (Å²) >= 11 is 0. The lowest BCUT2D eigenvalue weighted by atomic mass is 10.1.